The van der Waals surface area contributed by atoms with Gasteiger partial charge in [-0.3, -0.25) is 4.98 Å². The van der Waals surface area contributed by atoms with Gasteiger partial charge >= 0.3 is 0 Å². The Bertz CT molecular complexity index is 939. The largest absolute Gasteiger partial charge is 0.387 e. The van der Waals surface area contributed by atoms with E-state index < -0.39 is 5.60 Å². The number of hydrogen-bond acceptors (Lipinski definition) is 3. The van der Waals surface area contributed by atoms with Crippen LogP contribution in [0.5, 0.6) is 0 Å². The van der Waals surface area contributed by atoms with Crippen molar-refractivity contribution in [3.8, 4) is 0 Å². The summed E-state index contributed by atoms with van der Waals surface area (Å²) in [6, 6.07) is 21.0. The van der Waals surface area contributed by atoms with Crippen molar-refractivity contribution in [2.75, 3.05) is 13.1 Å². The molecule has 2 N–H and O–H groups in total. The Hall–Kier alpha value is -2.23. The van der Waals surface area contributed by atoms with Crippen molar-refractivity contribution in [2.45, 2.75) is 30.3 Å². The van der Waals surface area contributed by atoms with E-state index in [0.29, 0.717) is 13.0 Å². The maximum absolute atomic E-state index is 11.7. The highest BCUT2D eigenvalue weighted by atomic mass is 16.3. The van der Waals surface area contributed by atoms with E-state index in [1.54, 1.807) is 0 Å². The molecule has 0 bridgehead atoms. The molecule has 2 aliphatic rings. The van der Waals surface area contributed by atoms with Crippen LogP contribution in [0, 0.1) is 0 Å². The van der Waals surface area contributed by atoms with Gasteiger partial charge in [-0.05, 0) is 36.2 Å². The minimum atomic E-state index is -0.774. The summed E-state index contributed by atoms with van der Waals surface area (Å²) in [7, 11) is 0. The summed E-state index contributed by atoms with van der Waals surface area (Å²) in [5.41, 5.74) is 3.58. The predicted octanol–water partition coefficient (Wildman–Crippen LogP) is 3.00. The van der Waals surface area contributed by atoms with E-state index in [2.05, 4.69) is 47.8 Å². The lowest BCUT2D eigenvalue weighted by molar-refractivity contribution is -0.0660. The number of fused-ring (bicyclic) bond motifs is 3. The Labute approximate surface area is 147 Å². The van der Waals surface area contributed by atoms with Crippen molar-refractivity contribution in [2.24, 2.45) is 0 Å². The maximum Gasteiger partial charge on any atom is 0.0912 e. The number of nitrogens with zero attached hydrogens (tertiary/aromatic N) is 1. The molecule has 0 saturated carbocycles. The number of piperidine rings is 1. The molecule has 5 rings (SSSR count). The molecule has 2 heterocycles. The van der Waals surface area contributed by atoms with Crippen molar-refractivity contribution in [1.82, 2.24) is 10.3 Å². The Kier molecular flexibility index (Phi) is 3.24. The molecule has 0 unspecified atom stereocenters. The Balaban J connectivity index is 1.72. The summed E-state index contributed by atoms with van der Waals surface area (Å²) in [5.74, 6) is 0. The van der Waals surface area contributed by atoms with Crippen LogP contribution < -0.4 is 5.32 Å². The standard InChI is InChI=1S/C22H22N2O/c25-22-13-17-12-16-6-4-5-9-19(16)24-20(17)14-21(22,10-11-23-15-22)18-7-2-1-3-8-18/h1-9,12,23,25H,10-11,13-15H2/t21-,22-/m0/s1. The van der Waals surface area contributed by atoms with Gasteiger partial charge in [0.05, 0.1) is 11.1 Å². The summed E-state index contributed by atoms with van der Waals surface area (Å²) in [6.45, 7) is 1.56. The van der Waals surface area contributed by atoms with Crippen molar-refractivity contribution < 1.29 is 5.11 Å². The number of para-hydroxylation sites is 1. The fourth-order valence-electron chi connectivity index (χ4n) is 4.86. The zero-order chi connectivity index (χ0) is 16.9. The lowest BCUT2D eigenvalue weighted by Crippen LogP contribution is -2.65. The lowest BCUT2D eigenvalue weighted by Gasteiger charge is -2.54. The molecule has 1 aliphatic heterocycles. The van der Waals surface area contributed by atoms with Gasteiger partial charge in [-0.15, -0.1) is 0 Å². The normalized spacial score (nSPS) is 28.4. The highest BCUT2D eigenvalue weighted by molar-refractivity contribution is 5.79. The van der Waals surface area contributed by atoms with E-state index >= 15 is 0 Å². The molecule has 126 valence electrons. The summed E-state index contributed by atoms with van der Waals surface area (Å²) in [5, 5.41) is 16.3. The van der Waals surface area contributed by atoms with Gasteiger partial charge < -0.3 is 10.4 Å². The first kappa shape index (κ1) is 15.1. The summed E-state index contributed by atoms with van der Waals surface area (Å²) >= 11 is 0. The van der Waals surface area contributed by atoms with Gasteiger partial charge in [0.25, 0.3) is 0 Å². The topological polar surface area (TPSA) is 45.1 Å². The van der Waals surface area contributed by atoms with E-state index in [9.17, 15) is 5.11 Å². The van der Waals surface area contributed by atoms with Crippen LogP contribution in [-0.2, 0) is 18.3 Å². The Morgan fingerprint density at radius 3 is 2.64 bits per heavy atom. The van der Waals surface area contributed by atoms with E-state index in [1.807, 2.05) is 18.2 Å². The number of hydrogen-bond donors (Lipinski definition) is 2. The van der Waals surface area contributed by atoms with Gasteiger partial charge in [0.1, 0.15) is 0 Å². The molecule has 0 radical (unpaired) electrons. The third-order valence-corrected chi connectivity index (χ3v) is 6.21. The molecule has 3 nitrogen and oxygen atoms in total. The quantitative estimate of drug-likeness (QED) is 0.721. The Morgan fingerprint density at radius 2 is 1.76 bits per heavy atom. The van der Waals surface area contributed by atoms with E-state index in [1.165, 1.54) is 11.1 Å². The molecule has 2 atom stereocenters. The number of rotatable bonds is 1. The lowest BCUT2D eigenvalue weighted by atomic mass is 9.56. The molecule has 3 aromatic rings. The van der Waals surface area contributed by atoms with Crippen LogP contribution in [-0.4, -0.2) is 28.8 Å². The minimum Gasteiger partial charge on any atom is -0.387 e. The monoisotopic (exact) mass is 330 g/mol. The summed E-state index contributed by atoms with van der Waals surface area (Å²) in [6.07, 6.45) is 2.39. The predicted molar refractivity (Wildman–Crippen MR) is 99.7 cm³/mol. The number of benzene rings is 2. The summed E-state index contributed by atoms with van der Waals surface area (Å²) in [4.78, 5) is 4.98. The highest BCUT2D eigenvalue weighted by Gasteiger charge is 2.55. The highest BCUT2D eigenvalue weighted by Crippen LogP contribution is 2.48. The van der Waals surface area contributed by atoms with Crippen LogP contribution in [0.1, 0.15) is 23.2 Å². The van der Waals surface area contributed by atoms with Crippen molar-refractivity contribution in [3.63, 3.8) is 0 Å². The van der Waals surface area contributed by atoms with Crippen LogP contribution in [0.2, 0.25) is 0 Å². The number of aliphatic hydroxyl groups is 1. The maximum atomic E-state index is 11.7. The fraction of sp³-hybridized carbons (Fsp3) is 0.318. The molecular weight excluding hydrogens is 308 g/mol. The minimum absolute atomic E-state index is 0.262. The molecule has 2 aromatic carbocycles. The molecule has 25 heavy (non-hydrogen) atoms. The fourth-order valence-corrected chi connectivity index (χ4v) is 4.86. The van der Waals surface area contributed by atoms with Gasteiger partial charge in [0.15, 0.2) is 0 Å². The number of pyridine rings is 1. The van der Waals surface area contributed by atoms with E-state index in [-0.39, 0.29) is 5.41 Å². The molecule has 1 saturated heterocycles. The number of aromatic nitrogens is 1. The molecule has 3 heteroatoms. The first-order valence-electron chi connectivity index (χ1n) is 9.06. The van der Waals surface area contributed by atoms with Gasteiger partial charge in [0.2, 0.25) is 0 Å². The molecule has 0 spiro atoms. The third-order valence-electron chi connectivity index (χ3n) is 6.21. The van der Waals surface area contributed by atoms with Crippen LogP contribution in [0.15, 0.2) is 60.7 Å². The zero-order valence-corrected chi connectivity index (χ0v) is 14.2. The average Bonchev–Trinajstić information content (AvgIpc) is 2.65. The molecular formula is C22H22N2O. The SMILES string of the molecule is O[C@@]12CNCC[C@@]1(c1ccccc1)Cc1nc3ccccc3cc1C2. The first-order chi connectivity index (χ1) is 12.2. The smallest absolute Gasteiger partial charge is 0.0912 e. The number of nitrogens with one attached hydrogen (secondary N) is 1. The van der Waals surface area contributed by atoms with Crippen molar-refractivity contribution in [3.05, 3.63) is 77.5 Å². The van der Waals surface area contributed by atoms with E-state index in [0.717, 1.165) is 36.0 Å². The third kappa shape index (κ3) is 2.16. The zero-order valence-electron chi connectivity index (χ0n) is 14.2. The second-order valence-electron chi connectivity index (χ2n) is 7.55. The van der Waals surface area contributed by atoms with Crippen LogP contribution >= 0.6 is 0 Å². The van der Waals surface area contributed by atoms with Crippen LogP contribution in [0.4, 0.5) is 0 Å². The van der Waals surface area contributed by atoms with Crippen molar-refractivity contribution >= 4 is 10.9 Å². The molecule has 0 amide bonds. The van der Waals surface area contributed by atoms with Crippen molar-refractivity contribution in [1.29, 1.82) is 0 Å². The summed E-state index contributed by atoms with van der Waals surface area (Å²) < 4.78 is 0. The first-order valence-corrected chi connectivity index (χ1v) is 9.06. The van der Waals surface area contributed by atoms with E-state index in [4.69, 9.17) is 4.98 Å². The van der Waals surface area contributed by atoms with Gasteiger partial charge in [-0.25, -0.2) is 0 Å². The van der Waals surface area contributed by atoms with Crippen LogP contribution in [0.25, 0.3) is 10.9 Å². The number of β-amino-alcohol motifs (C(OH)–C–C–N with tert-alkyl or cyclic N) is 1. The molecule has 1 aromatic heterocycles. The van der Waals surface area contributed by atoms with Gasteiger partial charge in [0, 0.05) is 35.9 Å². The molecule has 1 aliphatic carbocycles. The molecule has 1 fully saturated rings. The second kappa shape index (κ2) is 5.38. The second-order valence-corrected chi connectivity index (χ2v) is 7.55. The van der Waals surface area contributed by atoms with Crippen LogP contribution in [0.3, 0.4) is 0 Å². The van der Waals surface area contributed by atoms with Gasteiger partial charge in [-0.2, -0.15) is 0 Å². The average molecular weight is 330 g/mol. The van der Waals surface area contributed by atoms with Gasteiger partial charge in [-0.1, -0.05) is 48.5 Å². The Morgan fingerprint density at radius 1 is 0.960 bits per heavy atom.